The molecule has 1 amide bonds. The molecule has 2 aromatic carbocycles. The van der Waals surface area contributed by atoms with Gasteiger partial charge in [-0.3, -0.25) is 4.90 Å². The van der Waals surface area contributed by atoms with Gasteiger partial charge in [-0.05, 0) is 23.3 Å². The summed E-state index contributed by atoms with van der Waals surface area (Å²) in [4.78, 5) is 25.5. The van der Waals surface area contributed by atoms with Gasteiger partial charge in [-0.15, -0.1) is 0 Å². The Morgan fingerprint density at radius 3 is 2.52 bits per heavy atom. The molecule has 0 aromatic heterocycles. The first kappa shape index (κ1) is 16.8. The predicted molar refractivity (Wildman–Crippen MR) is 89.9 cm³/mol. The zero-order valence-electron chi connectivity index (χ0n) is 13.9. The number of rotatable bonds is 6. The van der Waals surface area contributed by atoms with Gasteiger partial charge in [0.2, 0.25) is 6.10 Å². The Morgan fingerprint density at radius 1 is 1.12 bits per heavy atom. The van der Waals surface area contributed by atoms with Gasteiger partial charge in [0.1, 0.15) is 12.4 Å². The van der Waals surface area contributed by atoms with E-state index in [9.17, 15) is 9.59 Å². The van der Waals surface area contributed by atoms with Gasteiger partial charge in [-0.2, -0.15) is 0 Å². The Morgan fingerprint density at radius 2 is 1.84 bits per heavy atom. The molecule has 1 aliphatic rings. The fourth-order valence-corrected chi connectivity index (χ4v) is 2.53. The summed E-state index contributed by atoms with van der Waals surface area (Å²) >= 11 is 0. The van der Waals surface area contributed by atoms with Gasteiger partial charge in [-0.25, -0.2) is 9.59 Å². The Bertz CT molecular complexity index is 729. The maximum atomic E-state index is 12.1. The van der Waals surface area contributed by atoms with Crippen molar-refractivity contribution in [1.82, 2.24) is 4.90 Å². The van der Waals surface area contributed by atoms with Gasteiger partial charge < -0.3 is 14.2 Å². The Kier molecular flexibility index (Phi) is 5.18. The molecule has 25 heavy (non-hydrogen) atoms. The summed E-state index contributed by atoms with van der Waals surface area (Å²) in [6, 6.07) is 16.7. The molecule has 1 fully saturated rings. The molecule has 1 atom stereocenters. The van der Waals surface area contributed by atoms with E-state index in [1.807, 2.05) is 54.6 Å². The SMILES string of the molecule is COc1ccc(CN2C[C@H](C(=O)OCc3ccccc3)OC2=O)cc1. The number of nitrogens with zero attached hydrogens (tertiary/aromatic N) is 1. The van der Waals surface area contributed by atoms with Crippen molar-refractivity contribution in [1.29, 1.82) is 0 Å². The van der Waals surface area contributed by atoms with E-state index in [-0.39, 0.29) is 13.2 Å². The molecule has 0 spiro atoms. The Balaban J connectivity index is 1.53. The summed E-state index contributed by atoms with van der Waals surface area (Å²) in [5.74, 6) is 0.213. The molecule has 3 rings (SSSR count). The van der Waals surface area contributed by atoms with Crippen LogP contribution in [0.4, 0.5) is 4.79 Å². The summed E-state index contributed by atoms with van der Waals surface area (Å²) in [7, 11) is 1.60. The average molecular weight is 341 g/mol. The molecule has 2 aromatic rings. The first-order valence-electron chi connectivity index (χ1n) is 7.95. The lowest BCUT2D eigenvalue weighted by atomic mass is 10.2. The molecule has 1 aliphatic heterocycles. The molecule has 6 heteroatoms. The lowest BCUT2D eigenvalue weighted by Gasteiger charge is -2.13. The highest BCUT2D eigenvalue weighted by molar-refractivity contribution is 5.82. The molecule has 1 saturated heterocycles. The molecule has 0 radical (unpaired) electrons. The lowest BCUT2D eigenvalue weighted by molar-refractivity contribution is -0.153. The van der Waals surface area contributed by atoms with E-state index in [1.165, 1.54) is 4.90 Å². The van der Waals surface area contributed by atoms with Crippen molar-refractivity contribution in [2.45, 2.75) is 19.3 Å². The van der Waals surface area contributed by atoms with Crippen LogP contribution in [0.25, 0.3) is 0 Å². The maximum Gasteiger partial charge on any atom is 0.411 e. The molecule has 0 saturated carbocycles. The van der Waals surface area contributed by atoms with Gasteiger partial charge in [-0.1, -0.05) is 42.5 Å². The molecule has 0 unspecified atom stereocenters. The Hall–Kier alpha value is -3.02. The van der Waals surface area contributed by atoms with Crippen molar-refractivity contribution in [3.05, 3.63) is 65.7 Å². The van der Waals surface area contributed by atoms with Crippen molar-refractivity contribution in [3.8, 4) is 5.75 Å². The number of carbonyl (C=O) groups is 2. The molecule has 130 valence electrons. The van der Waals surface area contributed by atoms with Crippen molar-refractivity contribution in [3.63, 3.8) is 0 Å². The summed E-state index contributed by atoms with van der Waals surface area (Å²) < 4.78 is 15.5. The second-order valence-electron chi connectivity index (χ2n) is 5.69. The van der Waals surface area contributed by atoms with Crippen LogP contribution in [0.3, 0.4) is 0 Å². The molecule has 0 aliphatic carbocycles. The van der Waals surface area contributed by atoms with Gasteiger partial charge in [0, 0.05) is 6.54 Å². The third-order valence-electron chi connectivity index (χ3n) is 3.91. The van der Waals surface area contributed by atoms with E-state index >= 15 is 0 Å². The van der Waals surface area contributed by atoms with Crippen molar-refractivity contribution in [2.75, 3.05) is 13.7 Å². The zero-order chi connectivity index (χ0) is 17.6. The summed E-state index contributed by atoms with van der Waals surface area (Å²) in [6.07, 6.45) is -1.41. The molecule has 0 bridgehead atoms. The van der Waals surface area contributed by atoms with E-state index in [1.54, 1.807) is 7.11 Å². The number of hydrogen-bond acceptors (Lipinski definition) is 5. The summed E-state index contributed by atoms with van der Waals surface area (Å²) in [5.41, 5.74) is 1.81. The summed E-state index contributed by atoms with van der Waals surface area (Å²) in [6.45, 7) is 0.704. The fraction of sp³-hybridized carbons (Fsp3) is 0.263. The number of amides is 1. The van der Waals surface area contributed by atoms with Gasteiger partial charge in [0.15, 0.2) is 0 Å². The highest BCUT2D eigenvalue weighted by Gasteiger charge is 2.37. The van der Waals surface area contributed by atoms with Gasteiger partial charge >= 0.3 is 12.1 Å². The number of methoxy groups -OCH3 is 1. The first-order valence-corrected chi connectivity index (χ1v) is 7.95. The van der Waals surface area contributed by atoms with Crippen LogP contribution in [0.1, 0.15) is 11.1 Å². The molecule has 1 heterocycles. The van der Waals surface area contributed by atoms with Crippen molar-refractivity contribution >= 4 is 12.1 Å². The van der Waals surface area contributed by atoms with Crippen LogP contribution in [0.2, 0.25) is 0 Å². The third kappa shape index (κ3) is 4.29. The highest BCUT2D eigenvalue weighted by atomic mass is 16.6. The third-order valence-corrected chi connectivity index (χ3v) is 3.91. The van der Waals surface area contributed by atoms with Crippen LogP contribution in [0, 0.1) is 0 Å². The second-order valence-corrected chi connectivity index (χ2v) is 5.69. The minimum absolute atomic E-state index is 0.159. The Labute approximate surface area is 145 Å². The normalized spacial score (nSPS) is 16.4. The van der Waals surface area contributed by atoms with Crippen molar-refractivity contribution in [2.24, 2.45) is 0 Å². The quantitative estimate of drug-likeness (QED) is 0.756. The molecular formula is C19H19NO5. The van der Waals surface area contributed by atoms with E-state index in [4.69, 9.17) is 14.2 Å². The molecule has 6 nitrogen and oxygen atoms in total. The average Bonchev–Trinajstić information content (AvgIpc) is 3.02. The van der Waals surface area contributed by atoms with E-state index in [0.717, 1.165) is 16.9 Å². The van der Waals surface area contributed by atoms with Crippen LogP contribution >= 0.6 is 0 Å². The maximum absolute atomic E-state index is 12.1. The van der Waals surface area contributed by atoms with Gasteiger partial charge in [0.05, 0.1) is 13.7 Å². The predicted octanol–water partition coefficient (Wildman–Crippen LogP) is 2.76. The number of carbonyl (C=O) groups excluding carboxylic acids is 2. The first-order chi connectivity index (χ1) is 12.2. The van der Waals surface area contributed by atoms with Crippen LogP contribution in [0.15, 0.2) is 54.6 Å². The number of esters is 1. The minimum atomic E-state index is -0.894. The zero-order valence-corrected chi connectivity index (χ0v) is 13.9. The number of hydrogen-bond donors (Lipinski definition) is 0. The van der Waals surface area contributed by atoms with E-state index < -0.39 is 18.2 Å². The molecular weight excluding hydrogens is 322 g/mol. The van der Waals surface area contributed by atoms with Crippen molar-refractivity contribution < 1.29 is 23.8 Å². The number of benzene rings is 2. The van der Waals surface area contributed by atoms with E-state index in [0.29, 0.717) is 6.54 Å². The number of cyclic esters (lactones) is 1. The fourth-order valence-electron chi connectivity index (χ4n) is 2.53. The van der Waals surface area contributed by atoms with Crippen LogP contribution in [-0.2, 0) is 27.4 Å². The van der Waals surface area contributed by atoms with Crippen LogP contribution < -0.4 is 4.74 Å². The molecule has 0 N–H and O–H groups in total. The summed E-state index contributed by atoms with van der Waals surface area (Å²) in [5, 5.41) is 0. The monoisotopic (exact) mass is 341 g/mol. The lowest BCUT2D eigenvalue weighted by Crippen LogP contribution is -2.29. The standard InChI is InChI=1S/C19H19NO5/c1-23-16-9-7-14(8-10-16)11-20-12-17(25-19(20)22)18(21)24-13-15-5-3-2-4-6-15/h2-10,17H,11-13H2,1H3/t17-/m1/s1. The minimum Gasteiger partial charge on any atom is -0.497 e. The largest absolute Gasteiger partial charge is 0.497 e. The smallest absolute Gasteiger partial charge is 0.411 e. The highest BCUT2D eigenvalue weighted by Crippen LogP contribution is 2.18. The van der Waals surface area contributed by atoms with Crippen LogP contribution in [-0.4, -0.2) is 36.7 Å². The van der Waals surface area contributed by atoms with Gasteiger partial charge in [0.25, 0.3) is 0 Å². The van der Waals surface area contributed by atoms with E-state index in [2.05, 4.69) is 0 Å². The van der Waals surface area contributed by atoms with Crippen LogP contribution in [0.5, 0.6) is 5.75 Å². The topological polar surface area (TPSA) is 65.1 Å². The second kappa shape index (κ2) is 7.70. The number of ether oxygens (including phenoxy) is 3.